The maximum Gasteiger partial charge on any atom is 0.255 e. The molecule has 0 saturated heterocycles. The second kappa shape index (κ2) is 6.40. The van der Waals surface area contributed by atoms with E-state index < -0.39 is 0 Å². The van der Waals surface area contributed by atoms with E-state index in [-0.39, 0.29) is 17.7 Å². The van der Waals surface area contributed by atoms with Crippen molar-refractivity contribution in [3.63, 3.8) is 0 Å². The SMILES string of the molecule is CC(C)(C)c1nc2cc(NC(=O)c3cccc(CC#N)c3)ccc2o1. The lowest BCUT2D eigenvalue weighted by Gasteiger charge is -2.11. The van der Waals surface area contributed by atoms with Crippen LogP contribution in [0.4, 0.5) is 5.69 Å². The Morgan fingerprint density at radius 3 is 2.76 bits per heavy atom. The molecule has 0 fully saturated rings. The minimum Gasteiger partial charge on any atom is -0.440 e. The van der Waals surface area contributed by atoms with Crippen molar-refractivity contribution in [3.05, 3.63) is 59.5 Å². The first-order valence-corrected chi connectivity index (χ1v) is 8.05. The highest BCUT2D eigenvalue weighted by atomic mass is 16.3. The van der Waals surface area contributed by atoms with Crippen molar-refractivity contribution in [1.82, 2.24) is 4.98 Å². The van der Waals surface area contributed by atoms with E-state index >= 15 is 0 Å². The maximum atomic E-state index is 12.4. The molecule has 1 N–H and O–H groups in total. The maximum absolute atomic E-state index is 12.4. The van der Waals surface area contributed by atoms with Crippen LogP contribution in [0, 0.1) is 11.3 Å². The van der Waals surface area contributed by atoms with Crippen LogP contribution in [0.5, 0.6) is 0 Å². The van der Waals surface area contributed by atoms with Crippen LogP contribution in [0.25, 0.3) is 11.1 Å². The summed E-state index contributed by atoms with van der Waals surface area (Å²) in [5.74, 6) is 0.439. The standard InChI is InChI=1S/C20H19N3O2/c1-20(2,3)19-23-16-12-15(7-8-17(16)25-19)22-18(24)14-6-4-5-13(11-14)9-10-21/h4-8,11-12H,9H2,1-3H3,(H,22,24). The van der Waals surface area contributed by atoms with E-state index in [4.69, 9.17) is 9.68 Å². The minimum atomic E-state index is -0.223. The van der Waals surface area contributed by atoms with Crippen LogP contribution in [-0.2, 0) is 11.8 Å². The predicted octanol–water partition coefficient (Wildman–Crippen LogP) is 4.44. The Kier molecular flexibility index (Phi) is 4.28. The molecule has 5 heteroatoms. The number of fused-ring (bicyclic) bond motifs is 1. The fourth-order valence-electron chi connectivity index (χ4n) is 2.44. The summed E-state index contributed by atoms with van der Waals surface area (Å²) in [6.07, 6.45) is 0.279. The Bertz CT molecular complexity index is 975. The lowest BCUT2D eigenvalue weighted by Crippen LogP contribution is -2.12. The monoisotopic (exact) mass is 333 g/mol. The molecule has 0 bridgehead atoms. The molecule has 0 saturated carbocycles. The average molecular weight is 333 g/mol. The lowest BCUT2D eigenvalue weighted by atomic mass is 9.97. The van der Waals surface area contributed by atoms with Crippen LogP contribution < -0.4 is 5.32 Å². The lowest BCUT2D eigenvalue weighted by molar-refractivity contribution is 0.102. The Hall–Kier alpha value is -3.13. The van der Waals surface area contributed by atoms with Gasteiger partial charge in [-0.25, -0.2) is 4.98 Å². The number of rotatable bonds is 3. The smallest absolute Gasteiger partial charge is 0.255 e. The Balaban J connectivity index is 1.84. The molecule has 0 atom stereocenters. The van der Waals surface area contributed by atoms with Gasteiger partial charge >= 0.3 is 0 Å². The number of nitrogens with one attached hydrogen (secondary N) is 1. The van der Waals surface area contributed by atoms with E-state index in [9.17, 15) is 4.79 Å². The van der Waals surface area contributed by atoms with Crippen molar-refractivity contribution in [2.75, 3.05) is 5.32 Å². The van der Waals surface area contributed by atoms with E-state index in [0.717, 1.165) is 5.56 Å². The van der Waals surface area contributed by atoms with Crippen LogP contribution in [0.15, 0.2) is 46.9 Å². The van der Waals surface area contributed by atoms with Gasteiger partial charge in [-0.2, -0.15) is 5.26 Å². The van der Waals surface area contributed by atoms with Crippen LogP contribution in [0.3, 0.4) is 0 Å². The Morgan fingerprint density at radius 1 is 1.24 bits per heavy atom. The average Bonchev–Trinajstić information content (AvgIpc) is 2.99. The fraction of sp³-hybridized carbons (Fsp3) is 0.250. The molecule has 1 amide bonds. The van der Waals surface area contributed by atoms with Gasteiger partial charge < -0.3 is 9.73 Å². The molecular weight excluding hydrogens is 314 g/mol. The van der Waals surface area contributed by atoms with Crippen molar-refractivity contribution in [2.24, 2.45) is 0 Å². The first kappa shape index (κ1) is 16.7. The quantitative estimate of drug-likeness (QED) is 0.768. The molecular formula is C20H19N3O2. The number of anilines is 1. The molecule has 25 heavy (non-hydrogen) atoms. The first-order valence-electron chi connectivity index (χ1n) is 8.05. The normalized spacial score (nSPS) is 11.3. The molecule has 0 radical (unpaired) electrons. The van der Waals surface area contributed by atoms with E-state index in [1.807, 2.05) is 26.8 Å². The van der Waals surface area contributed by atoms with Crippen LogP contribution in [-0.4, -0.2) is 10.9 Å². The third-order valence-electron chi connectivity index (χ3n) is 3.76. The zero-order valence-corrected chi connectivity index (χ0v) is 14.5. The third-order valence-corrected chi connectivity index (χ3v) is 3.76. The Labute approximate surface area is 146 Å². The van der Waals surface area contributed by atoms with E-state index in [1.165, 1.54) is 0 Å². The molecule has 1 aromatic heterocycles. The molecule has 0 spiro atoms. The molecule has 0 aliphatic carbocycles. The van der Waals surface area contributed by atoms with E-state index in [1.54, 1.807) is 36.4 Å². The van der Waals surface area contributed by atoms with Crippen LogP contribution in [0.1, 0.15) is 42.6 Å². The summed E-state index contributed by atoms with van der Waals surface area (Å²) in [6, 6.07) is 14.5. The number of hydrogen-bond acceptors (Lipinski definition) is 4. The topological polar surface area (TPSA) is 78.9 Å². The third kappa shape index (κ3) is 3.69. The summed E-state index contributed by atoms with van der Waals surface area (Å²) in [4.78, 5) is 16.9. The molecule has 0 aliphatic rings. The molecule has 1 heterocycles. The van der Waals surface area contributed by atoms with Gasteiger partial charge in [0.25, 0.3) is 5.91 Å². The molecule has 5 nitrogen and oxygen atoms in total. The number of carbonyl (C=O) groups excluding carboxylic acids is 1. The van der Waals surface area contributed by atoms with Gasteiger partial charge in [0.1, 0.15) is 5.52 Å². The van der Waals surface area contributed by atoms with Gasteiger partial charge in [-0.15, -0.1) is 0 Å². The fourth-order valence-corrected chi connectivity index (χ4v) is 2.44. The Morgan fingerprint density at radius 2 is 2.04 bits per heavy atom. The molecule has 126 valence electrons. The number of oxazole rings is 1. The number of benzene rings is 2. The minimum absolute atomic E-state index is 0.177. The number of nitrogens with zero attached hydrogens (tertiary/aromatic N) is 2. The van der Waals surface area contributed by atoms with E-state index in [0.29, 0.717) is 28.2 Å². The van der Waals surface area contributed by atoms with Crippen molar-refractivity contribution >= 4 is 22.7 Å². The van der Waals surface area contributed by atoms with E-state index in [2.05, 4.69) is 16.4 Å². The van der Waals surface area contributed by atoms with Gasteiger partial charge in [0, 0.05) is 16.7 Å². The van der Waals surface area contributed by atoms with Gasteiger partial charge in [-0.3, -0.25) is 4.79 Å². The number of amides is 1. The van der Waals surface area contributed by atoms with Gasteiger partial charge in [0.2, 0.25) is 5.89 Å². The van der Waals surface area contributed by atoms with Gasteiger partial charge in [0.15, 0.2) is 5.58 Å². The van der Waals surface area contributed by atoms with Crippen molar-refractivity contribution < 1.29 is 9.21 Å². The van der Waals surface area contributed by atoms with Crippen LogP contribution in [0.2, 0.25) is 0 Å². The molecule has 2 aromatic carbocycles. The number of hydrogen-bond donors (Lipinski definition) is 1. The van der Waals surface area contributed by atoms with Crippen LogP contribution >= 0.6 is 0 Å². The highest BCUT2D eigenvalue weighted by molar-refractivity contribution is 6.05. The molecule has 0 aliphatic heterocycles. The summed E-state index contributed by atoms with van der Waals surface area (Å²) in [7, 11) is 0. The largest absolute Gasteiger partial charge is 0.440 e. The zero-order valence-electron chi connectivity index (χ0n) is 14.5. The van der Waals surface area contributed by atoms with Gasteiger partial charge in [0.05, 0.1) is 12.5 Å². The summed E-state index contributed by atoms with van der Waals surface area (Å²) in [6.45, 7) is 6.11. The predicted molar refractivity (Wildman–Crippen MR) is 96.4 cm³/mol. The summed E-state index contributed by atoms with van der Waals surface area (Å²) < 4.78 is 5.77. The molecule has 3 aromatic rings. The highest BCUT2D eigenvalue weighted by Gasteiger charge is 2.21. The molecule has 0 unspecified atom stereocenters. The second-order valence-corrected chi connectivity index (χ2v) is 6.94. The summed E-state index contributed by atoms with van der Waals surface area (Å²) >= 11 is 0. The highest BCUT2D eigenvalue weighted by Crippen LogP contribution is 2.27. The number of carbonyl (C=O) groups is 1. The molecule has 3 rings (SSSR count). The van der Waals surface area contributed by atoms with Gasteiger partial charge in [-0.1, -0.05) is 32.9 Å². The van der Waals surface area contributed by atoms with Crippen molar-refractivity contribution in [1.29, 1.82) is 5.26 Å². The number of nitriles is 1. The first-order chi connectivity index (χ1) is 11.9. The second-order valence-electron chi connectivity index (χ2n) is 6.94. The van der Waals surface area contributed by atoms with Crippen molar-refractivity contribution in [3.8, 4) is 6.07 Å². The number of aromatic nitrogens is 1. The summed E-state index contributed by atoms with van der Waals surface area (Å²) in [5, 5.41) is 11.6. The summed E-state index contributed by atoms with van der Waals surface area (Å²) in [5.41, 5.74) is 3.21. The van der Waals surface area contributed by atoms with Crippen molar-refractivity contribution in [2.45, 2.75) is 32.6 Å². The zero-order chi connectivity index (χ0) is 18.0. The van der Waals surface area contributed by atoms with Gasteiger partial charge in [-0.05, 0) is 35.9 Å².